The molecule has 3 aliphatic heterocycles. The van der Waals surface area contributed by atoms with E-state index in [1.807, 2.05) is 13.0 Å². The summed E-state index contributed by atoms with van der Waals surface area (Å²) in [6.45, 7) is 1.31. The van der Waals surface area contributed by atoms with Gasteiger partial charge in [-0.2, -0.15) is 0 Å². The molecule has 428 valence electrons. The third-order valence-corrected chi connectivity index (χ3v) is 14.2. The highest BCUT2D eigenvalue weighted by atomic mass is 16.8. The summed E-state index contributed by atoms with van der Waals surface area (Å²) in [4.78, 5) is 12.6. The molecule has 19 nitrogen and oxygen atoms in total. The fourth-order valence-corrected chi connectivity index (χ4v) is 9.60. The Bertz CT molecular complexity index is 1440. The molecular formula is C54H99NO18. The summed E-state index contributed by atoms with van der Waals surface area (Å²) in [5.41, 5.74) is 0. The highest BCUT2D eigenvalue weighted by Crippen LogP contribution is 2.33. The first-order valence-corrected chi connectivity index (χ1v) is 28.1. The molecule has 1 amide bonds. The van der Waals surface area contributed by atoms with E-state index >= 15 is 0 Å². The number of hydrogen-bond donors (Lipinski definition) is 12. The number of unbranched alkanes of at least 4 members (excludes halogenated alkanes) is 22. The van der Waals surface area contributed by atoms with E-state index in [1.54, 1.807) is 6.08 Å². The van der Waals surface area contributed by atoms with Gasteiger partial charge in [0, 0.05) is 6.42 Å². The van der Waals surface area contributed by atoms with Crippen LogP contribution in [-0.4, -0.2) is 193 Å². The fraction of sp³-hybridized carbons (Fsp3) is 0.907. The van der Waals surface area contributed by atoms with Crippen LogP contribution < -0.4 is 5.32 Å². The van der Waals surface area contributed by atoms with E-state index in [1.165, 1.54) is 128 Å². The van der Waals surface area contributed by atoms with Crippen molar-refractivity contribution in [1.29, 1.82) is 0 Å². The molecule has 17 atom stereocenters. The Morgan fingerprint density at radius 1 is 0.479 bits per heavy atom. The van der Waals surface area contributed by atoms with Crippen LogP contribution in [0.5, 0.6) is 0 Å². The maximum atomic E-state index is 12.6. The Balaban J connectivity index is 1.34. The highest BCUT2D eigenvalue weighted by Gasteiger charge is 2.53. The van der Waals surface area contributed by atoms with Gasteiger partial charge in [-0.25, -0.2) is 0 Å². The van der Waals surface area contributed by atoms with Gasteiger partial charge in [0.15, 0.2) is 18.9 Å². The lowest BCUT2D eigenvalue weighted by molar-refractivity contribution is -0.379. The molecule has 12 N–H and O–H groups in total. The summed E-state index contributed by atoms with van der Waals surface area (Å²) in [6, 6.07) is -0.981. The van der Waals surface area contributed by atoms with Crippen molar-refractivity contribution >= 4 is 5.91 Å². The highest BCUT2D eigenvalue weighted by molar-refractivity contribution is 5.76. The van der Waals surface area contributed by atoms with Gasteiger partial charge < -0.3 is 89.9 Å². The first-order chi connectivity index (χ1) is 35.3. The van der Waals surface area contributed by atoms with Gasteiger partial charge in [-0.3, -0.25) is 4.79 Å². The average molecular weight is 1050 g/mol. The average Bonchev–Trinajstić information content (AvgIpc) is 3.38. The number of allylic oxidation sites excluding steroid dienone is 3. The Labute approximate surface area is 435 Å². The lowest BCUT2D eigenvalue weighted by atomic mass is 9.96. The third kappa shape index (κ3) is 23.8. The topological polar surface area (TPSA) is 307 Å². The van der Waals surface area contributed by atoms with E-state index in [2.05, 4.69) is 24.4 Å². The van der Waals surface area contributed by atoms with Crippen molar-refractivity contribution < 1.29 is 89.4 Å². The fourth-order valence-electron chi connectivity index (χ4n) is 9.60. The van der Waals surface area contributed by atoms with Crippen LogP contribution in [0.1, 0.15) is 181 Å². The predicted octanol–water partition coefficient (Wildman–Crippen LogP) is 3.59. The van der Waals surface area contributed by atoms with Crippen LogP contribution in [0.4, 0.5) is 0 Å². The third-order valence-electron chi connectivity index (χ3n) is 14.2. The van der Waals surface area contributed by atoms with Crippen LogP contribution in [0.3, 0.4) is 0 Å². The van der Waals surface area contributed by atoms with Crippen molar-refractivity contribution in [2.75, 3.05) is 26.4 Å². The van der Waals surface area contributed by atoms with E-state index in [-0.39, 0.29) is 18.9 Å². The Kier molecular flexibility index (Phi) is 34.8. The second-order valence-electron chi connectivity index (χ2n) is 20.4. The molecule has 0 aliphatic carbocycles. The first kappa shape index (κ1) is 65.6. The van der Waals surface area contributed by atoms with E-state index in [0.29, 0.717) is 12.8 Å². The van der Waals surface area contributed by atoms with Crippen molar-refractivity contribution in [3.63, 3.8) is 0 Å². The van der Waals surface area contributed by atoms with E-state index < -0.39 is 124 Å². The first-order valence-electron chi connectivity index (χ1n) is 28.1. The molecule has 73 heavy (non-hydrogen) atoms. The number of hydrogen-bond acceptors (Lipinski definition) is 18. The molecule has 0 saturated carbocycles. The van der Waals surface area contributed by atoms with Crippen LogP contribution in [0.25, 0.3) is 0 Å². The van der Waals surface area contributed by atoms with Crippen molar-refractivity contribution in [3.8, 4) is 0 Å². The van der Waals surface area contributed by atoms with Gasteiger partial charge in [0.2, 0.25) is 5.91 Å². The van der Waals surface area contributed by atoms with Crippen LogP contribution in [0.2, 0.25) is 0 Å². The lowest BCUT2D eigenvalue weighted by Crippen LogP contribution is -2.66. The van der Waals surface area contributed by atoms with E-state index in [4.69, 9.17) is 28.4 Å². The number of aliphatic hydroxyl groups excluding tert-OH is 11. The molecule has 19 heteroatoms. The Morgan fingerprint density at radius 3 is 1.34 bits per heavy atom. The lowest BCUT2D eigenvalue weighted by Gasteiger charge is -2.48. The smallest absolute Gasteiger partial charge is 0.220 e. The summed E-state index contributed by atoms with van der Waals surface area (Å²) in [6.07, 6.45) is 12.7. The monoisotopic (exact) mass is 1050 g/mol. The standard InChI is InChI=1S/C54H99NO18/c1-3-5-6-7-8-9-10-11-12-13-14-15-16-17-18-19-20-21-22-23-24-25-26-27-28-29-30-32-38(59)37(55-42(60)31-4-2)36-68-52-48(66)45(63)50(40(34-57)70-52)73-54-49(67)46(64)51(41(35-58)71-54)72-53-47(65)44(62)43(61)39(33-56)69-53/h26-27,30,32,37-41,43-54,56-59,61-67H,3-25,28-29,31,33-36H2,1-2H3,(H,55,60)/b27-26+,32-30+. The maximum absolute atomic E-state index is 12.6. The summed E-state index contributed by atoms with van der Waals surface area (Å²) in [7, 11) is 0. The van der Waals surface area contributed by atoms with Crippen molar-refractivity contribution in [2.24, 2.45) is 0 Å². The molecule has 3 saturated heterocycles. The molecule has 0 spiro atoms. The van der Waals surface area contributed by atoms with Gasteiger partial charge in [0.05, 0.1) is 38.6 Å². The number of amides is 1. The van der Waals surface area contributed by atoms with Gasteiger partial charge in [-0.15, -0.1) is 0 Å². The molecule has 3 heterocycles. The molecule has 0 aromatic rings. The molecule has 0 aromatic heterocycles. The minimum Gasteiger partial charge on any atom is -0.394 e. The van der Waals surface area contributed by atoms with Gasteiger partial charge in [0.25, 0.3) is 0 Å². The minimum atomic E-state index is -1.98. The van der Waals surface area contributed by atoms with Crippen LogP contribution in [0.15, 0.2) is 24.3 Å². The van der Waals surface area contributed by atoms with Crippen LogP contribution >= 0.6 is 0 Å². The Hall–Kier alpha value is -1.73. The zero-order chi connectivity index (χ0) is 53.4. The van der Waals surface area contributed by atoms with E-state index in [0.717, 1.165) is 19.3 Å². The molecule has 3 rings (SSSR count). The maximum Gasteiger partial charge on any atom is 0.220 e. The van der Waals surface area contributed by atoms with Crippen molar-refractivity contribution in [3.05, 3.63) is 24.3 Å². The zero-order valence-electron chi connectivity index (χ0n) is 44.1. The summed E-state index contributed by atoms with van der Waals surface area (Å²) in [5.74, 6) is -0.339. The van der Waals surface area contributed by atoms with Crippen LogP contribution in [0, 0.1) is 0 Å². The normalized spacial score (nSPS) is 31.9. The summed E-state index contributed by atoms with van der Waals surface area (Å²) in [5, 5.41) is 119. The number of ether oxygens (including phenoxy) is 6. The molecule has 3 fully saturated rings. The SMILES string of the molecule is CCCCCCCCCCCCCCCCCCCCCCC/C=C/CC/C=C/C(O)C(COC1OC(CO)C(OC2OC(CO)C(OC3OC(CO)C(O)C(O)C3O)C(O)C2O)C(O)C1O)NC(=O)CCC. The number of carbonyl (C=O) groups excluding carboxylic acids is 1. The number of aliphatic hydroxyl groups is 11. The van der Waals surface area contributed by atoms with E-state index in [9.17, 15) is 61.0 Å². The second kappa shape index (κ2) is 38.8. The molecule has 0 bridgehead atoms. The molecular weight excluding hydrogens is 951 g/mol. The van der Waals surface area contributed by atoms with Crippen molar-refractivity contribution in [2.45, 2.75) is 285 Å². The van der Waals surface area contributed by atoms with Gasteiger partial charge in [0.1, 0.15) is 73.2 Å². The van der Waals surface area contributed by atoms with Crippen molar-refractivity contribution in [1.82, 2.24) is 5.32 Å². The second-order valence-corrected chi connectivity index (χ2v) is 20.4. The van der Waals surface area contributed by atoms with Gasteiger partial charge in [-0.05, 0) is 32.1 Å². The van der Waals surface area contributed by atoms with Gasteiger partial charge >= 0.3 is 0 Å². The Morgan fingerprint density at radius 2 is 0.877 bits per heavy atom. The quantitative estimate of drug-likeness (QED) is 0.0308. The zero-order valence-corrected chi connectivity index (χ0v) is 44.1. The summed E-state index contributed by atoms with van der Waals surface area (Å²) < 4.78 is 33.8. The molecule has 3 aliphatic rings. The number of rotatable bonds is 40. The van der Waals surface area contributed by atoms with Crippen LogP contribution in [-0.2, 0) is 33.2 Å². The molecule has 0 aromatic carbocycles. The summed E-state index contributed by atoms with van der Waals surface area (Å²) >= 11 is 0. The minimum absolute atomic E-state index is 0.186. The largest absolute Gasteiger partial charge is 0.394 e. The number of carbonyl (C=O) groups is 1. The molecule has 0 radical (unpaired) electrons. The van der Waals surface area contributed by atoms with Gasteiger partial charge in [-0.1, -0.05) is 167 Å². The molecule has 17 unspecified atom stereocenters. The predicted molar refractivity (Wildman–Crippen MR) is 273 cm³/mol. The number of nitrogens with one attached hydrogen (secondary N) is 1.